The number of carbonyl (C=O) groups excluding carboxylic acids is 2. The molecule has 2 aromatic carbocycles. The number of aromatic nitrogens is 3. The van der Waals surface area contributed by atoms with Gasteiger partial charge >= 0.3 is 0 Å². The number of hydrogen-bond donors (Lipinski definition) is 1. The molecule has 0 fully saturated rings. The molecule has 1 N–H and O–H groups in total. The van der Waals surface area contributed by atoms with Crippen molar-refractivity contribution < 1.29 is 23.1 Å². The van der Waals surface area contributed by atoms with Gasteiger partial charge in [-0.3, -0.25) is 9.59 Å². The van der Waals surface area contributed by atoms with E-state index in [-0.39, 0.29) is 28.4 Å². The Labute approximate surface area is 181 Å². The summed E-state index contributed by atoms with van der Waals surface area (Å²) < 4.78 is 33.6. The highest BCUT2D eigenvalue weighted by Crippen LogP contribution is 2.28. The largest absolute Gasteiger partial charge is 0.497 e. The molecule has 162 valence electrons. The number of fused-ring (bicyclic) bond motifs is 1. The van der Waals surface area contributed by atoms with E-state index in [1.165, 1.54) is 26.3 Å². The number of carbonyl (C=O) groups is 2. The third kappa shape index (κ3) is 4.04. The van der Waals surface area contributed by atoms with E-state index in [0.717, 1.165) is 4.52 Å². The molecule has 0 atom stereocenters. The SMILES string of the molecule is COc1ccc(-c2cc(C(F)F)n3ncc(C(=O)Nc4ccc(C(C)=O)cc4)c3n2)cc1. The molecule has 2 aromatic heterocycles. The number of halogens is 2. The standard InChI is InChI=1S/C23H18F2N4O3/c1-13(30)14-3-7-16(8-4-14)27-23(31)18-12-26-29-20(21(24)25)11-19(28-22(18)29)15-5-9-17(32-2)10-6-15/h3-12,21H,1-2H3,(H,27,31). The third-order valence-corrected chi connectivity index (χ3v) is 4.90. The first-order chi connectivity index (χ1) is 15.4. The van der Waals surface area contributed by atoms with Crippen LogP contribution >= 0.6 is 0 Å². The van der Waals surface area contributed by atoms with Crippen molar-refractivity contribution in [2.45, 2.75) is 13.3 Å². The Bertz CT molecular complexity index is 1300. The number of benzene rings is 2. The van der Waals surface area contributed by atoms with E-state index in [0.29, 0.717) is 22.6 Å². The minimum absolute atomic E-state index is 0.00599. The predicted octanol–water partition coefficient (Wildman–Crippen LogP) is 4.80. The summed E-state index contributed by atoms with van der Waals surface area (Å²) >= 11 is 0. The highest BCUT2D eigenvalue weighted by atomic mass is 19.3. The van der Waals surface area contributed by atoms with Crippen LogP contribution in [-0.4, -0.2) is 33.4 Å². The first kappa shape index (κ1) is 21.1. The zero-order valence-corrected chi connectivity index (χ0v) is 17.2. The van der Waals surface area contributed by atoms with Crippen LogP contribution in [0.4, 0.5) is 14.5 Å². The zero-order valence-electron chi connectivity index (χ0n) is 17.2. The van der Waals surface area contributed by atoms with Crippen molar-refractivity contribution in [3.8, 4) is 17.0 Å². The second-order valence-electron chi connectivity index (χ2n) is 6.98. The number of hydrogen-bond acceptors (Lipinski definition) is 5. The number of anilines is 1. The average Bonchev–Trinajstić information content (AvgIpc) is 3.23. The van der Waals surface area contributed by atoms with Crippen LogP contribution in [0, 0.1) is 0 Å². The number of amides is 1. The lowest BCUT2D eigenvalue weighted by atomic mass is 10.1. The lowest BCUT2D eigenvalue weighted by Crippen LogP contribution is -2.13. The van der Waals surface area contributed by atoms with Crippen LogP contribution in [0.25, 0.3) is 16.9 Å². The molecule has 0 bridgehead atoms. The molecule has 7 nitrogen and oxygen atoms in total. The number of nitrogens with zero attached hydrogens (tertiary/aromatic N) is 3. The van der Waals surface area contributed by atoms with Crippen LogP contribution in [0.5, 0.6) is 5.75 Å². The molecule has 1 amide bonds. The maximum absolute atomic E-state index is 13.7. The third-order valence-electron chi connectivity index (χ3n) is 4.90. The molecule has 0 unspecified atom stereocenters. The van der Waals surface area contributed by atoms with Crippen LogP contribution in [-0.2, 0) is 0 Å². The molecular formula is C23H18F2N4O3. The van der Waals surface area contributed by atoms with Crippen LogP contribution in [0.2, 0.25) is 0 Å². The molecule has 0 saturated heterocycles. The Hall–Kier alpha value is -4.14. The smallest absolute Gasteiger partial charge is 0.280 e. The Morgan fingerprint density at radius 1 is 1.06 bits per heavy atom. The van der Waals surface area contributed by atoms with Gasteiger partial charge in [-0.15, -0.1) is 0 Å². The molecule has 2 heterocycles. The van der Waals surface area contributed by atoms with Crippen LogP contribution in [0.15, 0.2) is 60.8 Å². The van der Waals surface area contributed by atoms with E-state index in [2.05, 4.69) is 15.4 Å². The monoisotopic (exact) mass is 436 g/mol. The molecule has 0 spiro atoms. The lowest BCUT2D eigenvalue weighted by Gasteiger charge is -2.09. The minimum Gasteiger partial charge on any atom is -0.497 e. The summed E-state index contributed by atoms with van der Waals surface area (Å²) in [7, 11) is 1.53. The molecule has 0 radical (unpaired) electrons. The van der Waals surface area contributed by atoms with Crippen molar-refractivity contribution in [1.82, 2.24) is 14.6 Å². The Morgan fingerprint density at radius 3 is 2.34 bits per heavy atom. The number of rotatable bonds is 6. The van der Waals surface area contributed by atoms with Gasteiger partial charge in [-0.1, -0.05) is 0 Å². The van der Waals surface area contributed by atoms with E-state index in [4.69, 9.17) is 4.74 Å². The number of ketones is 1. The fourth-order valence-corrected chi connectivity index (χ4v) is 3.20. The zero-order chi connectivity index (χ0) is 22.8. The number of ether oxygens (including phenoxy) is 1. The van der Waals surface area contributed by atoms with Crippen molar-refractivity contribution >= 4 is 23.0 Å². The van der Waals surface area contributed by atoms with Crippen LogP contribution in [0.3, 0.4) is 0 Å². The Balaban J connectivity index is 1.73. The Morgan fingerprint density at radius 2 is 1.75 bits per heavy atom. The normalized spacial score (nSPS) is 11.0. The van der Waals surface area contributed by atoms with Gasteiger partial charge in [0.25, 0.3) is 12.3 Å². The van der Waals surface area contributed by atoms with Crippen molar-refractivity contribution in [2.75, 3.05) is 12.4 Å². The topological polar surface area (TPSA) is 85.6 Å². The molecule has 9 heteroatoms. The summed E-state index contributed by atoms with van der Waals surface area (Å²) in [6.07, 6.45) is -1.63. The second kappa shape index (κ2) is 8.54. The fraction of sp³-hybridized carbons (Fsp3) is 0.130. The summed E-state index contributed by atoms with van der Waals surface area (Å²) in [5.41, 5.74) is 1.47. The van der Waals surface area contributed by atoms with Gasteiger partial charge in [0.1, 0.15) is 17.0 Å². The Kier molecular flexibility index (Phi) is 5.63. The number of Topliss-reactive ketones (excluding diaryl/α,β-unsaturated/α-hetero) is 1. The summed E-state index contributed by atoms with van der Waals surface area (Å²) in [5, 5.41) is 6.63. The number of alkyl halides is 2. The van der Waals surface area contributed by atoms with E-state index in [9.17, 15) is 18.4 Å². The number of nitrogens with one attached hydrogen (secondary N) is 1. The average molecular weight is 436 g/mol. The van der Waals surface area contributed by atoms with E-state index < -0.39 is 12.3 Å². The maximum Gasteiger partial charge on any atom is 0.280 e. The van der Waals surface area contributed by atoms with Gasteiger partial charge in [-0.2, -0.15) is 5.10 Å². The summed E-state index contributed by atoms with van der Waals surface area (Å²) in [6.45, 7) is 1.44. The van der Waals surface area contributed by atoms with Crippen molar-refractivity contribution in [2.24, 2.45) is 0 Å². The minimum atomic E-state index is -2.83. The van der Waals surface area contributed by atoms with E-state index in [1.54, 1.807) is 48.5 Å². The first-order valence-electron chi connectivity index (χ1n) is 9.61. The fourth-order valence-electron chi connectivity index (χ4n) is 3.20. The predicted molar refractivity (Wildman–Crippen MR) is 114 cm³/mol. The molecule has 0 aliphatic carbocycles. The molecular weight excluding hydrogens is 418 g/mol. The number of methoxy groups -OCH3 is 1. The molecule has 0 aliphatic heterocycles. The molecule has 4 rings (SSSR count). The molecule has 0 aliphatic rings. The molecule has 0 saturated carbocycles. The quantitative estimate of drug-likeness (QED) is 0.439. The van der Waals surface area contributed by atoms with Crippen molar-refractivity contribution in [3.63, 3.8) is 0 Å². The highest BCUT2D eigenvalue weighted by molar-refractivity contribution is 6.08. The van der Waals surface area contributed by atoms with Crippen LogP contribution < -0.4 is 10.1 Å². The highest BCUT2D eigenvalue weighted by Gasteiger charge is 2.21. The van der Waals surface area contributed by atoms with Gasteiger partial charge in [0.2, 0.25) is 0 Å². The van der Waals surface area contributed by atoms with Gasteiger partial charge in [0.15, 0.2) is 11.4 Å². The van der Waals surface area contributed by atoms with Crippen LogP contribution in [0.1, 0.15) is 39.8 Å². The summed E-state index contributed by atoms with van der Waals surface area (Å²) in [5.74, 6) is -0.0420. The summed E-state index contributed by atoms with van der Waals surface area (Å²) in [4.78, 5) is 28.7. The molecule has 4 aromatic rings. The van der Waals surface area contributed by atoms with E-state index >= 15 is 0 Å². The first-order valence-corrected chi connectivity index (χ1v) is 9.61. The van der Waals surface area contributed by atoms with Gasteiger partial charge in [-0.05, 0) is 61.5 Å². The van der Waals surface area contributed by atoms with Gasteiger partial charge in [-0.25, -0.2) is 18.3 Å². The van der Waals surface area contributed by atoms with Gasteiger partial charge < -0.3 is 10.1 Å². The van der Waals surface area contributed by atoms with Gasteiger partial charge in [0.05, 0.1) is 19.0 Å². The summed E-state index contributed by atoms with van der Waals surface area (Å²) in [6, 6.07) is 14.4. The van der Waals surface area contributed by atoms with Gasteiger partial charge in [0, 0.05) is 16.8 Å². The van der Waals surface area contributed by atoms with Crippen molar-refractivity contribution in [3.05, 3.63) is 77.6 Å². The van der Waals surface area contributed by atoms with E-state index in [1.807, 2.05) is 0 Å². The van der Waals surface area contributed by atoms with Crippen molar-refractivity contribution in [1.29, 1.82) is 0 Å². The lowest BCUT2D eigenvalue weighted by molar-refractivity contribution is 0.101. The maximum atomic E-state index is 13.7. The molecule has 32 heavy (non-hydrogen) atoms. The second-order valence-corrected chi connectivity index (χ2v) is 6.98.